The van der Waals surface area contributed by atoms with Crippen LogP contribution in [0.25, 0.3) is 0 Å². The van der Waals surface area contributed by atoms with Gasteiger partial charge in [0.25, 0.3) is 0 Å². The summed E-state index contributed by atoms with van der Waals surface area (Å²) >= 11 is 0. The number of ether oxygens (including phenoxy) is 4. The minimum atomic E-state index is -0.311. The highest BCUT2D eigenvalue weighted by Gasteiger charge is 2.61. The van der Waals surface area contributed by atoms with Crippen molar-refractivity contribution < 1.29 is 38.1 Å². The lowest BCUT2D eigenvalue weighted by molar-refractivity contribution is -0.143. The third-order valence-electron chi connectivity index (χ3n) is 26.7. The molecule has 0 radical (unpaired) electrons. The molecule has 2 amide bonds. The third-order valence-corrected chi connectivity index (χ3v) is 31.5. The van der Waals surface area contributed by atoms with Gasteiger partial charge < -0.3 is 39.4 Å². The summed E-state index contributed by atoms with van der Waals surface area (Å²) in [4.78, 5) is 56.5. The molecule has 9 aliphatic rings. The molecule has 17 atom stereocenters. The quantitative estimate of drug-likeness (QED) is 0.0205. The van der Waals surface area contributed by atoms with Gasteiger partial charge in [-0.05, 0) is 222 Å². The molecule has 0 aromatic heterocycles. The SMILES string of the molecule is CC(C)CCC[C@@H](C)C1CCC2C3CC=C4C[C@@H](OC(=O)NCCSSCCOC(=O)CCN(CCC(=O)OCCSSCCNC(=O)O[C@H]5CC[C@@]6(C)C(=CC[C@@H]7C6CC[C@@]6(C)C7CC[C@@H]6[C@H](C)CCCC(C)C)C5)CCC5CCCN5C)CC[C@]4(C)C3CC[C@@]21C. The topological polar surface area (TPSA) is 136 Å². The number of nitrogens with one attached hydrogen (secondary N) is 2. The number of carbonyl (C=O) groups is 4. The Morgan fingerprint density at radius 3 is 1.44 bits per heavy atom. The zero-order valence-corrected chi connectivity index (χ0v) is 63.5. The van der Waals surface area contributed by atoms with Gasteiger partial charge in [0.2, 0.25) is 0 Å². The molecule has 93 heavy (non-hydrogen) atoms. The molecule has 0 aromatic rings. The number of rotatable bonds is 35. The van der Waals surface area contributed by atoms with E-state index < -0.39 is 0 Å². The third kappa shape index (κ3) is 19.6. The molecule has 0 aromatic carbocycles. The van der Waals surface area contributed by atoms with E-state index in [-0.39, 0.29) is 60.0 Å². The summed E-state index contributed by atoms with van der Waals surface area (Å²) in [5, 5.41) is 6.00. The van der Waals surface area contributed by atoms with Crippen LogP contribution in [0.5, 0.6) is 0 Å². The number of fused-ring (bicyclic) bond motifs is 10. The van der Waals surface area contributed by atoms with Crippen molar-refractivity contribution in [3.05, 3.63) is 23.3 Å². The van der Waals surface area contributed by atoms with Crippen LogP contribution < -0.4 is 10.6 Å². The van der Waals surface area contributed by atoms with Gasteiger partial charge in [0.15, 0.2) is 0 Å². The van der Waals surface area contributed by atoms with Gasteiger partial charge >= 0.3 is 24.1 Å². The number of amides is 2. The van der Waals surface area contributed by atoms with E-state index in [1.165, 1.54) is 116 Å². The van der Waals surface area contributed by atoms with Gasteiger partial charge in [-0.1, -0.05) is 174 Å². The molecule has 530 valence electrons. The monoisotopic (exact) mass is 1370 g/mol. The van der Waals surface area contributed by atoms with Crippen LogP contribution in [-0.2, 0) is 28.5 Å². The van der Waals surface area contributed by atoms with Gasteiger partial charge in [0, 0.05) is 68.1 Å². The van der Waals surface area contributed by atoms with Crippen LogP contribution >= 0.6 is 43.2 Å². The van der Waals surface area contributed by atoms with E-state index in [1.54, 1.807) is 54.3 Å². The number of likely N-dealkylation sites (tertiary alicyclic amines) is 1. The number of alkyl carbamates (subject to hydrolysis) is 2. The fraction of sp³-hybridized carbons (Fsp3) is 0.896. The maximum atomic E-state index is 13.0. The van der Waals surface area contributed by atoms with Gasteiger partial charge in [0.1, 0.15) is 25.4 Å². The van der Waals surface area contributed by atoms with Crippen LogP contribution in [0.3, 0.4) is 0 Å². The van der Waals surface area contributed by atoms with Gasteiger partial charge in [-0.25, -0.2) is 9.59 Å². The Labute approximate surface area is 581 Å². The molecule has 2 N–H and O–H groups in total. The average Bonchev–Trinajstić information content (AvgIpc) is 1.71. The van der Waals surface area contributed by atoms with E-state index >= 15 is 0 Å². The van der Waals surface area contributed by atoms with E-state index in [0.717, 1.165) is 141 Å². The zero-order chi connectivity index (χ0) is 66.3. The van der Waals surface area contributed by atoms with Crippen LogP contribution in [0.4, 0.5) is 9.59 Å². The summed E-state index contributed by atoms with van der Waals surface area (Å²) in [6.07, 6.45) is 36.0. The highest BCUT2D eigenvalue weighted by molar-refractivity contribution is 8.77. The molecule has 16 heteroatoms. The lowest BCUT2D eigenvalue weighted by Gasteiger charge is -2.58. The normalized spacial score (nSPS) is 34.5. The van der Waals surface area contributed by atoms with Crippen LogP contribution in [-0.4, -0.2) is 135 Å². The number of esters is 2. The van der Waals surface area contributed by atoms with Gasteiger partial charge in [-0.2, -0.15) is 0 Å². The Hall–Kier alpha value is -1.72. The minimum absolute atomic E-state index is 0.0574. The predicted molar refractivity (Wildman–Crippen MR) is 390 cm³/mol. The molecular weight excluding hydrogens is 1240 g/mol. The molecule has 7 fully saturated rings. The first-order chi connectivity index (χ1) is 44.6. The molecule has 1 saturated heterocycles. The van der Waals surface area contributed by atoms with Gasteiger partial charge in [-0.15, -0.1) is 0 Å². The number of nitrogens with zero attached hydrogens (tertiary/aromatic N) is 2. The van der Waals surface area contributed by atoms with Crippen molar-refractivity contribution in [1.29, 1.82) is 0 Å². The second-order valence-corrected chi connectivity index (χ2v) is 38.5. The standard InChI is InChI=1S/C77H130N4O8S4/c1-53(2)15-12-17-55(5)64-24-26-66-62-22-20-57-51-60(28-35-74(57,7)68(62)30-37-76(64,66)9)88-72(84)78-39-47-90-92-49-45-86-70(82)33-43-81(42-32-59-19-14-41-80(59)11)44-34-71(83)87-46-50-93-91-48-40-79-73(85)89-61-29-36-75(8)58(52-61)21-23-63-67-27-25-65(56(6)18-13-16-54(3)4)77(67,10)38-31-69(63)75/h20-21,53-56,59-69H,12-19,22-52H2,1-11H3,(H,78,84)(H,79,85)/t55-,56-,59?,60+,61+,62+,63?,64-,65?,66?,67?,68?,69?,74+,75+,76-,77-/m1/s1. The fourth-order valence-corrected chi connectivity index (χ4v) is 25.0. The first kappa shape index (κ1) is 75.5. The minimum Gasteiger partial charge on any atom is -0.465 e. The highest BCUT2D eigenvalue weighted by Crippen LogP contribution is 2.69. The maximum absolute atomic E-state index is 13.0. The average molecular weight is 1370 g/mol. The Morgan fingerprint density at radius 2 is 1.01 bits per heavy atom. The fourth-order valence-electron chi connectivity index (χ4n) is 21.5. The lowest BCUT2D eigenvalue weighted by atomic mass is 9.47. The second-order valence-electron chi connectivity index (χ2n) is 33.1. The molecule has 0 bridgehead atoms. The summed E-state index contributed by atoms with van der Waals surface area (Å²) in [5.41, 5.74) is 4.56. The van der Waals surface area contributed by atoms with Crippen molar-refractivity contribution in [3.8, 4) is 0 Å². The molecule has 6 saturated carbocycles. The first-order valence-electron chi connectivity index (χ1n) is 38.1. The number of allylic oxidation sites excluding steroid dienone is 2. The van der Waals surface area contributed by atoms with E-state index in [2.05, 4.69) is 109 Å². The Kier molecular flexibility index (Phi) is 28.9. The molecule has 8 aliphatic carbocycles. The Balaban J connectivity index is 0.583. The largest absolute Gasteiger partial charge is 0.465 e. The maximum Gasteiger partial charge on any atom is 0.407 e. The van der Waals surface area contributed by atoms with Gasteiger partial charge in [-0.3, -0.25) is 9.59 Å². The summed E-state index contributed by atoms with van der Waals surface area (Å²) in [7, 11) is 8.82. The molecule has 7 unspecified atom stereocenters. The Bertz CT molecular complexity index is 2310. The second kappa shape index (κ2) is 35.5. The summed E-state index contributed by atoms with van der Waals surface area (Å²) in [6.45, 7) is 29.8. The first-order valence-corrected chi connectivity index (χ1v) is 43.1. The van der Waals surface area contributed by atoms with Crippen molar-refractivity contribution >= 4 is 67.3 Å². The van der Waals surface area contributed by atoms with Crippen molar-refractivity contribution in [2.75, 3.05) is 82.5 Å². The van der Waals surface area contributed by atoms with Crippen LogP contribution in [0.2, 0.25) is 0 Å². The number of carbonyl (C=O) groups excluding carboxylic acids is 4. The van der Waals surface area contributed by atoms with E-state index in [0.29, 0.717) is 67.8 Å². The molecule has 0 spiro atoms. The molecule has 1 heterocycles. The van der Waals surface area contributed by atoms with Crippen molar-refractivity contribution in [1.82, 2.24) is 20.4 Å². The molecule has 12 nitrogen and oxygen atoms in total. The van der Waals surface area contributed by atoms with Crippen molar-refractivity contribution in [3.63, 3.8) is 0 Å². The van der Waals surface area contributed by atoms with Crippen molar-refractivity contribution in [2.24, 2.45) is 92.7 Å². The van der Waals surface area contributed by atoms with E-state index in [4.69, 9.17) is 18.9 Å². The predicted octanol–water partition coefficient (Wildman–Crippen LogP) is 18.7. The number of hydrogen-bond acceptors (Lipinski definition) is 14. The highest BCUT2D eigenvalue weighted by atomic mass is 33.1. The summed E-state index contributed by atoms with van der Waals surface area (Å²) in [6, 6.07) is 0.518. The molecule has 1 aliphatic heterocycles. The summed E-state index contributed by atoms with van der Waals surface area (Å²) in [5.74, 6) is 12.2. The van der Waals surface area contributed by atoms with E-state index in [9.17, 15) is 19.2 Å². The smallest absolute Gasteiger partial charge is 0.407 e. The van der Waals surface area contributed by atoms with E-state index in [1.807, 2.05) is 0 Å². The van der Waals surface area contributed by atoms with Crippen molar-refractivity contribution in [2.45, 2.75) is 261 Å². The number of hydrogen-bond donors (Lipinski definition) is 2. The van der Waals surface area contributed by atoms with Gasteiger partial charge in [0.05, 0.1) is 12.8 Å². The molecular formula is C77H130N4O8S4. The summed E-state index contributed by atoms with van der Waals surface area (Å²) < 4.78 is 23.4. The van der Waals surface area contributed by atoms with Crippen LogP contribution in [0.1, 0.15) is 243 Å². The zero-order valence-electron chi connectivity index (χ0n) is 60.2. The van der Waals surface area contributed by atoms with Crippen LogP contribution in [0, 0.1) is 92.7 Å². The Morgan fingerprint density at radius 1 is 0.559 bits per heavy atom. The lowest BCUT2D eigenvalue weighted by Crippen LogP contribution is -2.51. The van der Waals surface area contributed by atoms with Crippen LogP contribution in [0.15, 0.2) is 23.3 Å². The molecule has 9 rings (SSSR count).